The highest BCUT2D eigenvalue weighted by Crippen LogP contribution is 2.10. The molecule has 1 atom stereocenters. The van der Waals surface area contributed by atoms with E-state index in [2.05, 4.69) is 20.9 Å². The van der Waals surface area contributed by atoms with E-state index in [1.807, 2.05) is 58.0 Å². The first kappa shape index (κ1) is 24.3. The Kier molecular flexibility index (Phi) is 9.99. The van der Waals surface area contributed by atoms with Crippen LogP contribution < -0.4 is 16.0 Å². The number of carbonyl (C=O) groups excluding carboxylic acids is 2. The molecule has 0 heterocycles. The highest BCUT2D eigenvalue weighted by atomic mass is 16.6. The Labute approximate surface area is 174 Å². The van der Waals surface area contributed by atoms with Gasteiger partial charge in [0, 0.05) is 27.2 Å². The second-order valence-electron chi connectivity index (χ2n) is 7.94. The minimum absolute atomic E-state index is 0.0248. The first-order chi connectivity index (χ1) is 13.6. The van der Waals surface area contributed by atoms with Crippen molar-refractivity contribution in [2.45, 2.75) is 45.8 Å². The first-order valence-electron chi connectivity index (χ1n) is 9.85. The molecule has 0 bridgehead atoms. The van der Waals surface area contributed by atoms with Gasteiger partial charge in [-0.3, -0.25) is 4.79 Å². The van der Waals surface area contributed by atoms with Crippen LogP contribution in [0.5, 0.6) is 0 Å². The highest BCUT2D eigenvalue weighted by Gasteiger charge is 2.15. The summed E-state index contributed by atoms with van der Waals surface area (Å²) in [4.78, 5) is 29.4. The lowest BCUT2D eigenvalue weighted by Gasteiger charge is -2.20. The third-order valence-electron chi connectivity index (χ3n) is 3.84. The fourth-order valence-corrected chi connectivity index (χ4v) is 2.27. The monoisotopic (exact) mass is 405 g/mol. The van der Waals surface area contributed by atoms with Crippen LogP contribution in [0.25, 0.3) is 0 Å². The molecule has 8 nitrogen and oxygen atoms in total. The SMILES string of the molecule is CC(NC(=NCC(=O)N(C)C)NCCCNC(=O)OC(C)(C)C)c1ccccc1. The number of nitrogens with zero attached hydrogens (tertiary/aromatic N) is 2. The van der Waals surface area contributed by atoms with Crippen molar-refractivity contribution in [3.8, 4) is 0 Å². The summed E-state index contributed by atoms with van der Waals surface area (Å²) in [5.41, 5.74) is 0.603. The molecule has 0 aliphatic heterocycles. The van der Waals surface area contributed by atoms with Crippen molar-refractivity contribution in [3.05, 3.63) is 35.9 Å². The van der Waals surface area contributed by atoms with E-state index in [9.17, 15) is 9.59 Å². The van der Waals surface area contributed by atoms with Crippen molar-refractivity contribution in [1.29, 1.82) is 0 Å². The molecule has 3 N–H and O–H groups in total. The van der Waals surface area contributed by atoms with Gasteiger partial charge in [0.1, 0.15) is 12.1 Å². The van der Waals surface area contributed by atoms with Gasteiger partial charge in [0.15, 0.2) is 5.96 Å². The minimum Gasteiger partial charge on any atom is -0.444 e. The van der Waals surface area contributed by atoms with Crippen molar-refractivity contribution >= 4 is 18.0 Å². The molecule has 1 unspecified atom stereocenters. The molecule has 0 aliphatic carbocycles. The van der Waals surface area contributed by atoms with Crippen molar-refractivity contribution in [2.75, 3.05) is 33.7 Å². The number of rotatable bonds is 8. The van der Waals surface area contributed by atoms with Crippen LogP contribution in [0.2, 0.25) is 0 Å². The Morgan fingerprint density at radius 1 is 1.10 bits per heavy atom. The van der Waals surface area contributed by atoms with Crippen LogP contribution in [-0.4, -0.2) is 62.2 Å². The predicted octanol–water partition coefficient (Wildman–Crippen LogP) is 2.29. The van der Waals surface area contributed by atoms with Crippen molar-refractivity contribution in [2.24, 2.45) is 4.99 Å². The predicted molar refractivity (Wildman–Crippen MR) is 116 cm³/mol. The van der Waals surface area contributed by atoms with Gasteiger partial charge >= 0.3 is 6.09 Å². The van der Waals surface area contributed by atoms with Gasteiger partial charge in [-0.05, 0) is 39.7 Å². The van der Waals surface area contributed by atoms with E-state index in [-0.39, 0.29) is 18.5 Å². The van der Waals surface area contributed by atoms with Crippen LogP contribution >= 0.6 is 0 Å². The molecular weight excluding hydrogens is 370 g/mol. The van der Waals surface area contributed by atoms with Gasteiger partial charge in [0.05, 0.1) is 6.04 Å². The summed E-state index contributed by atoms with van der Waals surface area (Å²) in [5, 5.41) is 9.25. The van der Waals surface area contributed by atoms with Crippen molar-refractivity contribution in [3.63, 3.8) is 0 Å². The molecule has 0 aromatic heterocycles. The third kappa shape index (κ3) is 11.0. The summed E-state index contributed by atoms with van der Waals surface area (Å²) in [6.07, 6.45) is 0.250. The Hall–Kier alpha value is -2.77. The normalized spacial score (nSPS) is 12.7. The zero-order valence-corrected chi connectivity index (χ0v) is 18.4. The Morgan fingerprint density at radius 3 is 2.31 bits per heavy atom. The molecule has 1 aromatic carbocycles. The molecule has 1 aromatic rings. The number of hydrogen-bond acceptors (Lipinski definition) is 4. The lowest BCUT2D eigenvalue weighted by molar-refractivity contribution is -0.127. The molecule has 0 radical (unpaired) electrons. The fraction of sp³-hybridized carbons (Fsp3) is 0.571. The Balaban J connectivity index is 2.55. The van der Waals surface area contributed by atoms with Crippen LogP contribution in [0.4, 0.5) is 4.79 Å². The number of amides is 2. The molecule has 8 heteroatoms. The van der Waals surface area contributed by atoms with Crippen LogP contribution in [0.3, 0.4) is 0 Å². The average molecular weight is 406 g/mol. The molecule has 0 fully saturated rings. The van der Waals surface area contributed by atoms with Crippen LogP contribution in [0, 0.1) is 0 Å². The highest BCUT2D eigenvalue weighted by molar-refractivity contribution is 5.85. The quantitative estimate of drug-likeness (QED) is 0.350. The molecule has 0 saturated carbocycles. The summed E-state index contributed by atoms with van der Waals surface area (Å²) in [5.74, 6) is 0.471. The lowest BCUT2D eigenvalue weighted by Crippen LogP contribution is -2.41. The van der Waals surface area contributed by atoms with E-state index < -0.39 is 11.7 Å². The van der Waals surface area contributed by atoms with E-state index in [1.165, 1.54) is 4.90 Å². The zero-order valence-electron chi connectivity index (χ0n) is 18.4. The Morgan fingerprint density at radius 2 is 1.72 bits per heavy atom. The number of alkyl carbamates (subject to hydrolysis) is 1. The third-order valence-corrected chi connectivity index (χ3v) is 3.84. The summed E-state index contributed by atoms with van der Waals surface area (Å²) >= 11 is 0. The number of guanidine groups is 1. The van der Waals surface area contributed by atoms with Gasteiger partial charge in [0.2, 0.25) is 5.91 Å². The molecule has 0 aliphatic rings. The van der Waals surface area contributed by atoms with Crippen LogP contribution in [-0.2, 0) is 9.53 Å². The van der Waals surface area contributed by atoms with Crippen LogP contribution in [0.1, 0.15) is 45.7 Å². The number of carbonyl (C=O) groups is 2. The largest absolute Gasteiger partial charge is 0.444 e. The molecular formula is C21H35N5O3. The van der Waals surface area contributed by atoms with Gasteiger partial charge < -0.3 is 25.6 Å². The van der Waals surface area contributed by atoms with Gasteiger partial charge in [-0.15, -0.1) is 0 Å². The van der Waals surface area contributed by atoms with E-state index in [0.29, 0.717) is 25.5 Å². The fourth-order valence-electron chi connectivity index (χ4n) is 2.27. The van der Waals surface area contributed by atoms with Gasteiger partial charge in [-0.1, -0.05) is 30.3 Å². The van der Waals surface area contributed by atoms with Gasteiger partial charge in [-0.25, -0.2) is 9.79 Å². The summed E-state index contributed by atoms with van der Waals surface area (Å²) in [7, 11) is 3.40. The van der Waals surface area contributed by atoms with Crippen molar-refractivity contribution < 1.29 is 14.3 Å². The maximum absolute atomic E-state index is 11.9. The number of hydrogen-bond donors (Lipinski definition) is 3. The molecule has 1 rings (SSSR count). The zero-order chi connectivity index (χ0) is 21.9. The van der Waals surface area contributed by atoms with E-state index >= 15 is 0 Å². The second kappa shape index (κ2) is 11.9. The maximum atomic E-state index is 11.9. The number of ether oxygens (including phenoxy) is 1. The second-order valence-corrected chi connectivity index (χ2v) is 7.94. The molecule has 0 saturated heterocycles. The minimum atomic E-state index is -0.515. The molecule has 162 valence electrons. The van der Waals surface area contributed by atoms with Gasteiger partial charge in [0.25, 0.3) is 0 Å². The summed E-state index contributed by atoms with van der Waals surface area (Å²) in [6, 6.07) is 10.0. The van der Waals surface area contributed by atoms with E-state index in [0.717, 1.165) is 5.56 Å². The number of likely N-dealkylation sites (N-methyl/N-ethyl adjacent to an activating group) is 1. The topological polar surface area (TPSA) is 95.1 Å². The first-order valence-corrected chi connectivity index (χ1v) is 9.85. The number of nitrogens with one attached hydrogen (secondary N) is 3. The molecule has 0 spiro atoms. The lowest BCUT2D eigenvalue weighted by atomic mass is 10.1. The van der Waals surface area contributed by atoms with Crippen LogP contribution in [0.15, 0.2) is 35.3 Å². The number of benzene rings is 1. The van der Waals surface area contributed by atoms with E-state index in [4.69, 9.17) is 4.74 Å². The molecule has 29 heavy (non-hydrogen) atoms. The Bertz CT molecular complexity index is 669. The standard InChI is InChI=1S/C21H35N5O3/c1-16(17-11-8-7-9-12-17)25-19(24-15-18(27)26(5)6)22-13-10-14-23-20(28)29-21(2,3)4/h7-9,11-12,16H,10,13-15H2,1-6H3,(H,23,28)(H2,22,24,25). The average Bonchev–Trinajstić information content (AvgIpc) is 2.64. The van der Waals surface area contributed by atoms with E-state index in [1.54, 1.807) is 14.1 Å². The summed E-state index contributed by atoms with van der Waals surface area (Å²) in [6.45, 7) is 8.62. The number of aliphatic imine (C=N–C) groups is 1. The molecule has 2 amide bonds. The maximum Gasteiger partial charge on any atom is 0.407 e. The van der Waals surface area contributed by atoms with Gasteiger partial charge in [-0.2, -0.15) is 0 Å². The summed E-state index contributed by atoms with van der Waals surface area (Å²) < 4.78 is 5.21. The van der Waals surface area contributed by atoms with Crippen molar-refractivity contribution in [1.82, 2.24) is 20.9 Å². The smallest absolute Gasteiger partial charge is 0.407 e.